The van der Waals surface area contributed by atoms with Crippen LogP contribution in [0.15, 0.2) is 60.3 Å². The third-order valence-electron chi connectivity index (χ3n) is 2.96. The molecule has 0 aliphatic carbocycles. The molecule has 21 heavy (non-hydrogen) atoms. The van der Waals surface area contributed by atoms with Crippen LogP contribution >= 0.6 is 0 Å². The van der Waals surface area contributed by atoms with Crippen LogP contribution in [0.5, 0.6) is 0 Å². The lowest BCUT2D eigenvalue weighted by Gasteiger charge is -2.04. The molecule has 2 aromatic carbocycles. The molecule has 0 radical (unpaired) electrons. The zero-order valence-corrected chi connectivity index (χ0v) is 11.4. The van der Waals surface area contributed by atoms with Gasteiger partial charge in [-0.25, -0.2) is 8.78 Å². The van der Waals surface area contributed by atoms with E-state index in [1.54, 1.807) is 18.2 Å². The van der Waals surface area contributed by atoms with Gasteiger partial charge in [-0.15, -0.1) is 0 Å². The molecule has 0 unspecified atom stereocenters. The largest absolute Gasteiger partial charge is 0.391 e. The number of halogens is 2. The SMILES string of the molecule is C=Cc1ccccc1CON=Cc1ccc(C(F)F)cc1. The van der Waals surface area contributed by atoms with E-state index in [9.17, 15) is 8.78 Å². The van der Waals surface area contributed by atoms with Crippen molar-refractivity contribution in [2.24, 2.45) is 5.16 Å². The highest BCUT2D eigenvalue weighted by molar-refractivity contribution is 5.79. The smallest absolute Gasteiger partial charge is 0.263 e. The van der Waals surface area contributed by atoms with Crippen LogP contribution in [-0.2, 0) is 11.4 Å². The second-order valence-corrected chi connectivity index (χ2v) is 4.38. The number of alkyl halides is 2. The van der Waals surface area contributed by atoms with Gasteiger partial charge in [-0.1, -0.05) is 66.3 Å². The van der Waals surface area contributed by atoms with Crippen LogP contribution in [0.1, 0.15) is 28.7 Å². The summed E-state index contributed by atoms with van der Waals surface area (Å²) in [4.78, 5) is 5.22. The minimum atomic E-state index is -2.46. The summed E-state index contributed by atoms with van der Waals surface area (Å²) < 4.78 is 24.8. The molecule has 0 aliphatic heterocycles. The molecule has 108 valence electrons. The van der Waals surface area contributed by atoms with Gasteiger partial charge in [0.2, 0.25) is 0 Å². The zero-order valence-electron chi connectivity index (χ0n) is 11.4. The molecule has 4 heteroatoms. The van der Waals surface area contributed by atoms with Gasteiger partial charge in [-0.3, -0.25) is 0 Å². The number of nitrogens with zero attached hydrogens (tertiary/aromatic N) is 1. The number of rotatable bonds is 6. The van der Waals surface area contributed by atoms with Gasteiger partial charge in [-0.2, -0.15) is 0 Å². The fourth-order valence-electron chi connectivity index (χ4n) is 1.80. The molecular weight excluding hydrogens is 272 g/mol. The number of benzene rings is 2. The first kappa shape index (κ1) is 14.9. The van der Waals surface area contributed by atoms with Gasteiger partial charge in [-0.05, 0) is 16.7 Å². The quantitative estimate of drug-likeness (QED) is 0.551. The third-order valence-corrected chi connectivity index (χ3v) is 2.96. The van der Waals surface area contributed by atoms with Crippen molar-refractivity contribution in [1.82, 2.24) is 0 Å². The van der Waals surface area contributed by atoms with Gasteiger partial charge in [0.05, 0.1) is 6.21 Å². The molecular formula is C17H15F2NO. The summed E-state index contributed by atoms with van der Waals surface area (Å²) in [5.74, 6) is 0. The maximum Gasteiger partial charge on any atom is 0.263 e. The fraction of sp³-hybridized carbons (Fsp3) is 0.118. The Morgan fingerprint density at radius 2 is 1.81 bits per heavy atom. The summed E-state index contributed by atoms with van der Waals surface area (Å²) >= 11 is 0. The van der Waals surface area contributed by atoms with Crippen LogP contribution in [0, 0.1) is 0 Å². The minimum absolute atomic E-state index is 0.00650. The van der Waals surface area contributed by atoms with Crippen molar-refractivity contribution in [3.63, 3.8) is 0 Å². The molecule has 0 saturated carbocycles. The highest BCUT2D eigenvalue weighted by Crippen LogP contribution is 2.18. The Morgan fingerprint density at radius 3 is 2.48 bits per heavy atom. The van der Waals surface area contributed by atoms with Crippen LogP contribution in [0.25, 0.3) is 6.08 Å². The van der Waals surface area contributed by atoms with Crippen molar-refractivity contribution in [1.29, 1.82) is 0 Å². The van der Waals surface area contributed by atoms with Gasteiger partial charge >= 0.3 is 0 Å². The fourth-order valence-corrected chi connectivity index (χ4v) is 1.80. The number of hydrogen-bond donors (Lipinski definition) is 0. The number of oxime groups is 1. The summed E-state index contributed by atoms with van der Waals surface area (Å²) in [5, 5.41) is 3.84. The Labute approximate surface area is 122 Å². The average Bonchev–Trinajstić information content (AvgIpc) is 2.52. The van der Waals surface area contributed by atoms with Crippen molar-refractivity contribution in [3.05, 3.63) is 77.4 Å². The Hall–Kier alpha value is -2.49. The maximum absolute atomic E-state index is 12.4. The van der Waals surface area contributed by atoms with Crippen LogP contribution < -0.4 is 0 Å². The van der Waals surface area contributed by atoms with E-state index in [0.29, 0.717) is 12.2 Å². The Balaban J connectivity index is 1.92. The normalized spacial score (nSPS) is 11.0. The average molecular weight is 287 g/mol. The molecule has 0 fully saturated rings. The third kappa shape index (κ3) is 4.24. The van der Waals surface area contributed by atoms with Crippen LogP contribution in [-0.4, -0.2) is 6.21 Å². The predicted molar refractivity (Wildman–Crippen MR) is 80.3 cm³/mol. The summed E-state index contributed by atoms with van der Waals surface area (Å²) in [6.45, 7) is 4.06. The van der Waals surface area contributed by atoms with Crippen molar-refractivity contribution in [3.8, 4) is 0 Å². The van der Waals surface area contributed by atoms with Crippen LogP contribution in [0.4, 0.5) is 8.78 Å². The zero-order chi connectivity index (χ0) is 15.1. The Kier molecular flexibility index (Phi) is 5.21. The lowest BCUT2D eigenvalue weighted by molar-refractivity contribution is 0.132. The molecule has 2 rings (SSSR count). The molecule has 0 spiro atoms. The highest BCUT2D eigenvalue weighted by Gasteiger charge is 2.05. The summed E-state index contributed by atoms with van der Waals surface area (Å²) in [6, 6.07) is 13.6. The highest BCUT2D eigenvalue weighted by atomic mass is 19.3. The van der Waals surface area contributed by atoms with Gasteiger partial charge in [0.15, 0.2) is 0 Å². The van der Waals surface area contributed by atoms with E-state index < -0.39 is 6.43 Å². The Bertz CT molecular complexity index is 621. The van der Waals surface area contributed by atoms with E-state index in [4.69, 9.17) is 4.84 Å². The lowest BCUT2D eigenvalue weighted by atomic mass is 10.1. The van der Waals surface area contributed by atoms with E-state index in [0.717, 1.165) is 11.1 Å². The van der Waals surface area contributed by atoms with Crippen molar-refractivity contribution >= 4 is 12.3 Å². The molecule has 0 saturated heterocycles. The predicted octanol–water partition coefficient (Wildman–Crippen LogP) is 4.82. The molecule has 2 aromatic rings. The minimum Gasteiger partial charge on any atom is -0.391 e. The van der Waals surface area contributed by atoms with Crippen molar-refractivity contribution in [2.45, 2.75) is 13.0 Å². The first-order chi connectivity index (χ1) is 10.2. The summed E-state index contributed by atoms with van der Waals surface area (Å²) in [7, 11) is 0. The molecule has 0 atom stereocenters. The maximum atomic E-state index is 12.4. The van der Waals surface area contributed by atoms with E-state index in [-0.39, 0.29) is 5.56 Å². The molecule has 2 nitrogen and oxygen atoms in total. The van der Waals surface area contributed by atoms with Gasteiger partial charge in [0.1, 0.15) is 6.61 Å². The first-order valence-corrected chi connectivity index (χ1v) is 6.44. The van der Waals surface area contributed by atoms with E-state index in [2.05, 4.69) is 11.7 Å². The van der Waals surface area contributed by atoms with Crippen molar-refractivity contribution in [2.75, 3.05) is 0 Å². The van der Waals surface area contributed by atoms with Crippen molar-refractivity contribution < 1.29 is 13.6 Å². The van der Waals surface area contributed by atoms with Gasteiger partial charge < -0.3 is 4.84 Å². The summed E-state index contributed by atoms with van der Waals surface area (Å²) in [6.07, 6.45) is 0.791. The van der Waals surface area contributed by atoms with Crippen LogP contribution in [0.2, 0.25) is 0 Å². The molecule has 0 heterocycles. The molecule has 0 amide bonds. The number of hydrogen-bond acceptors (Lipinski definition) is 2. The molecule has 0 aromatic heterocycles. The monoisotopic (exact) mass is 287 g/mol. The molecule has 0 N–H and O–H groups in total. The van der Waals surface area contributed by atoms with E-state index >= 15 is 0 Å². The topological polar surface area (TPSA) is 21.6 Å². The first-order valence-electron chi connectivity index (χ1n) is 6.44. The van der Waals surface area contributed by atoms with Gasteiger partial charge in [0, 0.05) is 5.56 Å². The molecule has 0 aliphatic rings. The van der Waals surface area contributed by atoms with E-state index in [1.165, 1.54) is 18.3 Å². The van der Waals surface area contributed by atoms with Gasteiger partial charge in [0.25, 0.3) is 6.43 Å². The standard InChI is InChI=1S/C17H15F2NO/c1-2-14-5-3-4-6-16(14)12-21-20-11-13-7-9-15(10-8-13)17(18)19/h2-11,17H,1,12H2. The lowest BCUT2D eigenvalue weighted by Crippen LogP contribution is -1.91. The summed E-state index contributed by atoms with van der Waals surface area (Å²) in [5.41, 5.74) is 2.68. The van der Waals surface area contributed by atoms with E-state index in [1.807, 2.05) is 24.3 Å². The second kappa shape index (κ2) is 7.33. The Morgan fingerprint density at radius 1 is 1.10 bits per heavy atom. The van der Waals surface area contributed by atoms with Crippen LogP contribution in [0.3, 0.4) is 0 Å². The molecule has 0 bridgehead atoms. The second-order valence-electron chi connectivity index (χ2n) is 4.38.